The van der Waals surface area contributed by atoms with Crippen molar-refractivity contribution >= 4 is 0 Å². The average Bonchev–Trinajstić information content (AvgIpc) is 1.35. The third-order valence-electron chi connectivity index (χ3n) is 0.330. The first kappa shape index (κ1) is 5.30. The van der Waals surface area contributed by atoms with Crippen molar-refractivity contribution in [3.05, 3.63) is 18.6 Å². The molecule has 0 aromatic heterocycles. The largest absolute Gasteiger partial charge is 0.115 e. The summed E-state index contributed by atoms with van der Waals surface area (Å²) in [7, 11) is 0. The van der Waals surface area contributed by atoms with Gasteiger partial charge in [0.05, 0.1) is 0 Å². The van der Waals surface area contributed by atoms with Crippen LogP contribution in [0, 0.1) is 19.3 Å². The van der Waals surface area contributed by atoms with E-state index in [1.54, 1.807) is 6.08 Å². The zero-order valence-electron chi connectivity index (χ0n) is 3.86. The van der Waals surface area contributed by atoms with Crippen molar-refractivity contribution in [2.75, 3.05) is 0 Å². The normalized spacial score (nSPS) is 10.5. The van der Waals surface area contributed by atoms with E-state index < -0.39 is 0 Å². The Hall–Kier alpha value is -0.700. The topological polar surface area (TPSA) is 0 Å². The number of rotatable bonds is 0. The summed E-state index contributed by atoms with van der Waals surface area (Å²) in [5.41, 5.74) is 0.928. The molecule has 0 fully saturated rings. The lowest BCUT2D eigenvalue weighted by Gasteiger charge is -1.73. The van der Waals surface area contributed by atoms with Crippen LogP contribution in [-0.2, 0) is 0 Å². The summed E-state index contributed by atoms with van der Waals surface area (Å²) in [6.45, 7) is 5.41. The van der Waals surface area contributed by atoms with Gasteiger partial charge in [-0.05, 0) is 19.9 Å². The quantitative estimate of drug-likeness (QED) is 0.385. The maximum absolute atomic E-state index is 4.86. The van der Waals surface area contributed by atoms with Gasteiger partial charge in [-0.25, -0.2) is 0 Å². The van der Waals surface area contributed by atoms with Crippen LogP contribution in [-0.4, -0.2) is 0 Å². The van der Waals surface area contributed by atoms with E-state index in [1.165, 1.54) is 0 Å². The van der Waals surface area contributed by atoms with Crippen molar-refractivity contribution in [1.29, 1.82) is 0 Å². The van der Waals surface area contributed by atoms with Crippen LogP contribution in [0.25, 0.3) is 0 Å². The van der Waals surface area contributed by atoms with E-state index in [0.29, 0.717) is 0 Å². The minimum absolute atomic E-state index is 0.928. The van der Waals surface area contributed by atoms with Gasteiger partial charge in [0.25, 0.3) is 0 Å². The maximum Gasteiger partial charge on any atom is -0.0132 e. The molecule has 0 aliphatic carbocycles. The van der Waals surface area contributed by atoms with Crippen LogP contribution in [0.3, 0.4) is 0 Å². The van der Waals surface area contributed by atoms with Crippen molar-refractivity contribution in [2.24, 2.45) is 0 Å². The van der Waals surface area contributed by atoms with Crippen LogP contribution in [0.4, 0.5) is 0 Å². The fraction of sp³-hybridized carbons (Fsp3) is 0.167. The lowest BCUT2D eigenvalue weighted by molar-refractivity contribution is 1.55. The first-order valence-corrected chi connectivity index (χ1v) is 1.72. The lowest BCUT2D eigenvalue weighted by Crippen LogP contribution is -1.56. The van der Waals surface area contributed by atoms with E-state index in [9.17, 15) is 0 Å². The average molecular weight is 79.1 g/mol. The molecule has 0 heteroatoms. The molecule has 0 aromatic rings. The highest BCUT2D eigenvalue weighted by atomic mass is 13.7. The molecule has 0 N–H and O–H groups in total. The highest BCUT2D eigenvalue weighted by Crippen LogP contribution is 1.81. The van der Waals surface area contributed by atoms with Gasteiger partial charge in [0, 0.05) is 0 Å². The summed E-state index contributed by atoms with van der Waals surface area (Å²) in [4.78, 5) is 0. The summed E-state index contributed by atoms with van der Waals surface area (Å²) in [6.07, 6.45) is 6.49. The van der Waals surface area contributed by atoms with E-state index in [1.807, 2.05) is 6.92 Å². The Bertz CT molecular complexity index is 87.1. The van der Waals surface area contributed by atoms with Gasteiger partial charge in [-0.3, -0.25) is 0 Å². The number of terminal acetylenes is 1. The minimum atomic E-state index is 0.928. The molecule has 0 spiro atoms. The predicted molar refractivity (Wildman–Crippen MR) is 27.9 cm³/mol. The molecule has 0 atom stereocenters. The molecule has 0 heterocycles. The van der Waals surface area contributed by atoms with Crippen LogP contribution in [0.15, 0.2) is 11.6 Å². The third kappa shape index (κ3) is 3.30. The van der Waals surface area contributed by atoms with Crippen molar-refractivity contribution in [2.45, 2.75) is 6.92 Å². The van der Waals surface area contributed by atoms with Crippen LogP contribution < -0.4 is 0 Å². The van der Waals surface area contributed by atoms with E-state index in [2.05, 4.69) is 12.8 Å². The number of hydrogen-bond donors (Lipinski definition) is 0. The van der Waals surface area contributed by atoms with Gasteiger partial charge < -0.3 is 0 Å². The zero-order valence-corrected chi connectivity index (χ0v) is 3.86. The van der Waals surface area contributed by atoms with Gasteiger partial charge >= 0.3 is 0 Å². The number of hydrogen-bond acceptors (Lipinski definition) is 0. The smallest absolute Gasteiger partial charge is 0.0132 e. The first-order chi connectivity index (χ1) is 2.77. The van der Waals surface area contributed by atoms with Crippen molar-refractivity contribution < 1.29 is 0 Å². The molecule has 0 saturated heterocycles. The van der Waals surface area contributed by atoms with E-state index in [4.69, 9.17) is 6.42 Å². The molecule has 0 nitrogen and oxygen atoms in total. The Morgan fingerprint density at radius 3 is 2.50 bits per heavy atom. The molecule has 0 aliphatic rings. The van der Waals surface area contributed by atoms with Gasteiger partial charge in [0.2, 0.25) is 0 Å². The molecule has 31 valence electrons. The van der Waals surface area contributed by atoms with E-state index in [-0.39, 0.29) is 0 Å². The highest BCUT2D eigenvalue weighted by molar-refractivity contribution is 5.17. The lowest BCUT2D eigenvalue weighted by atomic mass is 10.3. The maximum atomic E-state index is 4.86. The van der Waals surface area contributed by atoms with Gasteiger partial charge in [-0.1, -0.05) is 11.5 Å². The molecule has 0 aromatic carbocycles. The zero-order chi connectivity index (χ0) is 4.99. The monoisotopic (exact) mass is 79.1 g/mol. The van der Waals surface area contributed by atoms with Gasteiger partial charge in [0.1, 0.15) is 0 Å². The second kappa shape index (κ2) is 2.53. The molecular weight excluding hydrogens is 72.1 g/mol. The second-order valence-electron chi connectivity index (χ2n) is 1.16. The first-order valence-electron chi connectivity index (χ1n) is 1.72. The van der Waals surface area contributed by atoms with Gasteiger partial charge in [-0.2, -0.15) is 0 Å². The van der Waals surface area contributed by atoms with Gasteiger partial charge in [0.15, 0.2) is 0 Å². The van der Waals surface area contributed by atoms with Crippen molar-refractivity contribution in [1.82, 2.24) is 0 Å². The highest BCUT2D eigenvalue weighted by Gasteiger charge is 1.64. The molecule has 6 heavy (non-hydrogen) atoms. The third-order valence-corrected chi connectivity index (χ3v) is 0.330. The molecule has 0 amide bonds. The Morgan fingerprint density at radius 2 is 2.50 bits per heavy atom. The summed E-state index contributed by atoms with van der Waals surface area (Å²) in [6, 6.07) is 0. The summed E-state index contributed by atoms with van der Waals surface area (Å²) in [5, 5.41) is 0. The van der Waals surface area contributed by atoms with Crippen LogP contribution in [0.1, 0.15) is 6.92 Å². The van der Waals surface area contributed by atoms with Crippen LogP contribution >= 0.6 is 0 Å². The fourth-order valence-corrected chi connectivity index (χ4v) is 0.142. The van der Waals surface area contributed by atoms with Crippen molar-refractivity contribution in [3.8, 4) is 12.3 Å². The summed E-state index contributed by atoms with van der Waals surface area (Å²) in [5.74, 6) is 2.34. The number of allylic oxidation sites excluding steroid dienone is 2. The SMILES string of the molecule is C#C/C=C(\[CH2])C. The van der Waals surface area contributed by atoms with Gasteiger partial charge in [-0.15, -0.1) is 6.42 Å². The van der Waals surface area contributed by atoms with E-state index in [0.717, 1.165) is 5.57 Å². The van der Waals surface area contributed by atoms with Crippen molar-refractivity contribution in [3.63, 3.8) is 0 Å². The molecule has 0 aliphatic heterocycles. The van der Waals surface area contributed by atoms with E-state index >= 15 is 0 Å². The molecular formula is C6H7. The summed E-state index contributed by atoms with van der Waals surface area (Å²) < 4.78 is 0. The Balaban J connectivity index is 3.51. The predicted octanol–water partition coefficient (Wildman–Crippen LogP) is 1.40. The summed E-state index contributed by atoms with van der Waals surface area (Å²) >= 11 is 0. The Morgan fingerprint density at radius 1 is 2.00 bits per heavy atom. The molecule has 0 rings (SSSR count). The Kier molecular flexibility index (Phi) is 2.24. The molecule has 1 radical (unpaired) electrons. The Labute approximate surface area is 38.9 Å². The molecule has 0 bridgehead atoms. The standard InChI is InChI=1S/C6H7/c1-4-5-6(2)3/h1,5H,2H2,3H3/b6-5+. The van der Waals surface area contributed by atoms with Crippen LogP contribution in [0.2, 0.25) is 0 Å². The molecule has 0 saturated carbocycles. The second-order valence-corrected chi connectivity index (χ2v) is 1.16. The fourth-order valence-electron chi connectivity index (χ4n) is 0.142. The minimum Gasteiger partial charge on any atom is -0.115 e. The van der Waals surface area contributed by atoms with Crippen LogP contribution in [0.5, 0.6) is 0 Å². The molecule has 0 unspecified atom stereocenters.